The van der Waals surface area contributed by atoms with Gasteiger partial charge in [-0.1, -0.05) is 0 Å². The van der Waals surface area contributed by atoms with E-state index >= 15 is 0 Å². The molecule has 2 rings (SSSR count). The Balaban J connectivity index is 1.66. The summed E-state index contributed by atoms with van der Waals surface area (Å²) in [4.78, 5) is 4.30. The Kier molecular flexibility index (Phi) is 6.77. The minimum atomic E-state index is 0.325. The molecule has 1 fully saturated rings. The lowest BCUT2D eigenvalue weighted by Crippen LogP contribution is -2.46. The average molecular weight is 307 g/mol. The highest BCUT2D eigenvalue weighted by molar-refractivity contribution is 5.79. The fourth-order valence-electron chi connectivity index (χ4n) is 2.88. The molecular weight excluding hydrogens is 278 g/mol. The number of guanidine groups is 1. The molecule has 5 nitrogen and oxygen atoms in total. The molecule has 0 atom stereocenters. The first-order valence-electron chi connectivity index (χ1n) is 8.32. The van der Waals surface area contributed by atoms with Crippen LogP contribution in [0.15, 0.2) is 27.8 Å². The van der Waals surface area contributed by atoms with Gasteiger partial charge in [0.15, 0.2) is 5.96 Å². The van der Waals surface area contributed by atoms with Crippen molar-refractivity contribution in [3.63, 3.8) is 0 Å². The molecule has 1 aliphatic rings. The number of furan rings is 1. The van der Waals surface area contributed by atoms with Crippen molar-refractivity contribution in [2.75, 3.05) is 13.6 Å². The predicted molar refractivity (Wildman–Crippen MR) is 89.2 cm³/mol. The average Bonchev–Trinajstić information content (AvgIpc) is 3.01. The first-order chi connectivity index (χ1) is 10.7. The summed E-state index contributed by atoms with van der Waals surface area (Å²) in [6.07, 6.45) is 7.84. The monoisotopic (exact) mass is 307 g/mol. The Morgan fingerprint density at radius 1 is 1.36 bits per heavy atom. The van der Waals surface area contributed by atoms with Crippen LogP contribution in [0.25, 0.3) is 0 Å². The number of aliphatic imine (C=N–C) groups is 1. The van der Waals surface area contributed by atoms with Crippen molar-refractivity contribution in [1.29, 1.82) is 0 Å². The lowest BCUT2D eigenvalue weighted by Gasteiger charge is -2.31. The second kappa shape index (κ2) is 8.83. The summed E-state index contributed by atoms with van der Waals surface area (Å²) in [5.74, 6) is 1.87. The van der Waals surface area contributed by atoms with Crippen LogP contribution in [0.5, 0.6) is 0 Å². The molecule has 0 amide bonds. The highest BCUT2D eigenvalue weighted by Crippen LogP contribution is 2.22. The third-order valence-electron chi connectivity index (χ3n) is 3.95. The van der Waals surface area contributed by atoms with Crippen molar-refractivity contribution < 1.29 is 9.15 Å². The topological polar surface area (TPSA) is 58.8 Å². The molecule has 2 N–H and O–H groups in total. The van der Waals surface area contributed by atoms with Crippen LogP contribution < -0.4 is 10.6 Å². The van der Waals surface area contributed by atoms with Crippen LogP contribution in [0.3, 0.4) is 0 Å². The van der Waals surface area contributed by atoms with Crippen LogP contribution in [-0.2, 0) is 11.2 Å². The van der Waals surface area contributed by atoms with Crippen LogP contribution in [0.4, 0.5) is 0 Å². The molecule has 0 radical (unpaired) electrons. The van der Waals surface area contributed by atoms with Gasteiger partial charge in [0.05, 0.1) is 18.5 Å². The fourth-order valence-corrected chi connectivity index (χ4v) is 2.88. The van der Waals surface area contributed by atoms with Gasteiger partial charge in [0.1, 0.15) is 5.76 Å². The highest BCUT2D eigenvalue weighted by atomic mass is 16.5. The van der Waals surface area contributed by atoms with Crippen molar-refractivity contribution in [1.82, 2.24) is 10.6 Å². The summed E-state index contributed by atoms with van der Waals surface area (Å²) in [6.45, 7) is 5.03. The zero-order valence-corrected chi connectivity index (χ0v) is 14.0. The van der Waals surface area contributed by atoms with Crippen molar-refractivity contribution in [2.45, 2.75) is 64.2 Å². The van der Waals surface area contributed by atoms with E-state index in [1.807, 2.05) is 19.2 Å². The molecule has 0 spiro atoms. The van der Waals surface area contributed by atoms with Gasteiger partial charge in [-0.3, -0.25) is 4.99 Å². The molecule has 0 aromatic carbocycles. The zero-order valence-electron chi connectivity index (χ0n) is 14.0. The SMILES string of the molecule is CN=C(NCCc1ccco1)NC1CCC(OC(C)C)CC1. The van der Waals surface area contributed by atoms with E-state index in [-0.39, 0.29) is 0 Å². The second-order valence-electron chi connectivity index (χ2n) is 6.13. The van der Waals surface area contributed by atoms with Gasteiger partial charge in [-0.2, -0.15) is 0 Å². The van der Waals surface area contributed by atoms with Crippen LogP contribution in [-0.4, -0.2) is 37.8 Å². The van der Waals surface area contributed by atoms with Crippen LogP contribution in [0.2, 0.25) is 0 Å². The number of ether oxygens (including phenoxy) is 1. The largest absolute Gasteiger partial charge is 0.469 e. The molecule has 1 aromatic heterocycles. The first-order valence-corrected chi connectivity index (χ1v) is 8.32. The number of rotatable bonds is 6. The molecule has 1 aliphatic carbocycles. The molecular formula is C17H29N3O2. The van der Waals surface area contributed by atoms with Crippen molar-refractivity contribution in [2.24, 2.45) is 4.99 Å². The molecule has 0 unspecified atom stereocenters. The summed E-state index contributed by atoms with van der Waals surface area (Å²) < 4.78 is 11.2. The minimum Gasteiger partial charge on any atom is -0.469 e. The van der Waals surface area contributed by atoms with E-state index in [1.54, 1.807) is 6.26 Å². The number of hydrogen-bond donors (Lipinski definition) is 2. The quantitative estimate of drug-likeness (QED) is 0.627. The molecule has 1 heterocycles. The van der Waals surface area contributed by atoms with E-state index in [9.17, 15) is 0 Å². The van der Waals surface area contributed by atoms with Gasteiger partial charge in [-0.05, 0) is 51.7 Å². The third-order valence-corrected chi connectivity index (χ3v) is 3.95. The summed E-state index contributed by atoms with van der Waals surface area (Å²) in [7, 11) is 1.82. The highest BCUT2D eigenvalue weighted by Gasteiger charge is 2.22. The van der Waals surface area contributed by atoms with Crippen LogP contribution in [0.1, 0.15) is 45.3 Å². The number of hydrogen-bond acceptors (Lipinski definition) is 3. The van der Waals surface area contributed by atoms with Crippen molar-refractivity contribution >= 4 is 5.96 Å². The molecule has 1 aromatic rings. The zero-order chi connectivity index (χ0) is 15.8. The molecule has 5 heteroatoms. The van der Waals surface area contributed by atoms with Gasteiger partial charge in [0.2, 0.25) is 0 Å². The Hall–Kier alpha value is -1.49. The van der Waals surface area contributed by atoms with Gasteiger partial charge in [0.25, 0.3) is 0 Å². The summed E-state index contributed by atoms with van der Waals surface area (Å²) in [5.41, 5.74) is 0. The fraction of sp³-hybridized carbons (Fsp3) is 0.706. The standard InChI is InChI=1S/C17H29N3O2/c1-13(2)22-16-8-6-14(7-9-16)20-17(18-3)19-11-10-15-5-4-12-21-15/h4-5,12-14,16H,6-11H2,1-3H3,(H2,18,19,20). The Morgan fingerprint density at radius 2 is 2.14 bits per heavy atom. The Bertz CT molecular complexity index is 435. The van der Waals surface area contributed by atoms with Gasteiger partial charge in [-0.25, -0.2) is 0 Å². The lowest BCUT2D eigenvalue weighted by molar-refractivity contribution is -0.0152. The van der Waals surface area contributed by atoms with Crippen molar-refractivity contribution in [3.8, 4) is 0 Å². The van der Waals surface area contributed by atoms with E-state index in [2.05, 4.69) is 29.5 Å². The Labute approximate surface area is 133 Å². The number of nitrogens with zero attached hydrogens (tertiary/aromatic N) is 1. The maximum atomic E-state index is 5.89. The van der Waals surface area contributed by atoms with Crippen LogP contribution >= 0.6 is 0 Å². The van der Waals surface area contributed by atoms with Gasteiger partial charge in [0, 0.05) is 26.1 Å². The smallest absolute Gasteiger partial charge is 0.191 e. The normalized spacial score (nSPS) is 22.8. The van der Waals surface area contributed by atoms with E-state index in [1.165, 1.54) is 0 Å². The van der Waals surface area contributed by atoms with Gasteiger partial charge < -0.3 is 19.8 Å². The predicted octanol–water partition coefficient (Wildman–Crippen LogP) is 2.72. The minimum absolute atomic E-state index is 0.325. The maximum absolute atomic E-state index is 5.89. The number of nitrogens with one attached hydrogen (secondary N) is 2. The molecule has 0 bridgehead atoms. The van der Waals surface area contributed by atoms with E-state index in [0.717, 1.165) is 50.4 Å². The Morgan fingerprint density at radius 3 is 2.73 bits per heavy atom. The summed E-state index contributed by atoms with van der Waals surface area (Å²) >= 11 is 0. The first kappa shape index (κ1) is 16.9. The molecule has 1 saturated carbocycles. The van der Waals surface area contributed by atoms with E-state index < -0.39 is 0 Å². The van der Waals surface area contributed by atoms with Gasteiger partial charge >= 0.3 is 0 Å². The summed E-state index contributed by atoms with van der Waals surface area (Å²) in [6, 6.07) is 4.40. The van der Waals surface area contributed by atoms with Crippen molar-refractivity contribution in [3.05, 3.63) is 24.2 Å². The molecule has 124 valence electrons. The van der Waals surface area contributed by atoms with Gasteiger partial charge in [-0.15, -0.1) is 0 Å². The van der Waals surface area contributed by atoms with Crippen LogP contribution in [0, 0.1) is 0 Å². The molecule has 22 heavy (non-hydrogen) atoms. The third kappa shape index (κ3) is 5.72. The molecule has 0 saturated heterocycles. The second-order valence-corrected chi connectivity index (χ2v) is 6.13. The van der Waals surface area contributed by atoms with E-state index in [0.29, 0.717) is 18.2 Å². The summed E-state index contributed by atoms with van der Waals surface area (Å²) in [5, 5.41) is 6.86. The van der Waals surface area contributed by atoms with E-state index in [4.69, 9.17) is 9.15 Å². The maximum Gasteiger partial charge on any atom is 0.191 e. The lowest BCUT2D eigenvalue weighted by atomic mass is 9.93. The molecule has 0 aliphatic heterocycles.